The van der Waals surface area contributed by atoms with E-state index in [9.17, 15) is 4.79 Å². The van der Waals surface area contributed by atoms with Crippen LogP contribution >= 0.6 is 0 Å². The van der Waals surface area contributed by atoms with Gasteiger partial charge in [0, 0.05) is 22.9 Å². The van der Waals surface area contributed by atoms with Crippen molar-refractivity contribution < 1.29 is 9.90 Å². The molecule has 0 atom stereocenters. The second kappa shape index (κ2) is 3.67. The van der Waals surface area contributed by atoms with Crippen LogP contribution in [-0.2, 0) is 11.2 Å². The Balaban J connectivity index is 2.52. The Hall–Kier alpha value is -1.77. The third kappa shape index (κ3) is 2.08. The third-order valence-corrected chi connectivity index (χ3v) is 2.68. The molecule has 0 fully saturated rings. The molecule has 0 spiro atoms. The SMILES string of the molecule is CC1(C)Cc2ccccc2/C(=C\C(=O)O)N1. The maximum atomic E-state index is 10.8. The van der Waals surface area contributed by atoms with E-state index in [4.69, 9.17) is 5.11 Å². The maximum Gasteiger partial charge on any atom is 0.330 e. The topological polar surface area (TPSA) is 49.3 Å². The van der Waals surface area contributed by atoms with Gasteiger partial charge in [0.05, 0.1) is 0 Å². The third-order valence-electron chi connectivity index (χ3n) is 2.68. The van der Waals surface area contributed by atoms with Gasteiger partial charge in [0.15, 0.2) is 0 Å². The molecule has 84 valence electrons. The summed E-state index contributed by atoms with van der Waals surface area (Å²) in [6.45, 7) is 4.14. The number of fused-ring (bicyclic) bond motifs is 1. The summed E-state index contributed by atoms with van der Waals surface area (Å²) in [6, 6.07) is 7.91. The van der Waals surface area contributed by atoms with Crippen LogP contribution in [0.5, 0.6) is 0 Å². The first-order chi connectivity index (χ1) is 7.48. The van der Waals surface area contributed by atoms with E-state index >= 15 is 0 Å². The summed E-state index contributed by atoms with van der Waals surface area (Å²) in [7, 11) is 0. The molecule has 0 aromatic heterocycles. The van der Waals surface area contributed by atoms with Gasteiger partial charge in [-0.2, -0.15) is 0 Å². The number of rotatable bonds is 1. The van der Waals surface area contributed by atoms with Crippen molar-refractivity contribution in [3.8, 4) is 0 Å². The van der Waals surface area contributed by atoms with Crippen LogP contribution < -0.4 is 5.32 Å². The van der Waals surface area contributed by atoms with Crippen LogP contribution in [0.15, 0.2) is 30.3 Å². The quantitative estimate of drug-likeness (QED) is 0.708. The zero-order valence-electron chi connectivity index (χ0n) is 9.45. The van der Waals surface area contributed by atoms with Crippen LogP contribution in [0.3, 0.4) is 0 Å². The molecule has 0 saturated heterocycles. The number of hydrogen-bond acceptors (Lipinski definition) is 2. The van der Waals surface area contributed by atoms with Gasteiger partial charge in [-0.3, -0.25) is 0 Å². The summed E-state index contributed by atoms with van der Waals surface area (Å²) in [6.07, 6.45) is 2.14. The average molecular weight is 217 g/mol. The standard InChI is InChI=1S/C13H15NO2/c1-13(2)8-9-5-3-4-6-10(9)11(14-13)7-12(15)16/h3-7,14H,8H2,1-2H3,(H,15,16)/b11-7+. The fraction of sp³-hybridized carbons (Fsp3) is 0.308. The van der Waals surface area contributed by atoms with Crippen molar-refractivity contribution in [3.05, 3.63) is 41.5 Å². The highest BCUT2D eigenvalue weighted by Gasteiger charge is 2.27. The predicted octanol–water partition coefficient (Wildman–Crippen LogP) is 2.04. The molecule has 0 radical (unpaired) electrons. The molecule has 0 amide bonds. The molecule has 1 heterocycles. The van der Waals surface area contributed by atoms with Crippen molar-refractivity contribution in [2.24, 2.45) is 0 Å². The molecule has 1 aliphatic rings. The van der Waals surface area contributed by atoms with Crippen LogP contribution in [0.2, 0.25) is 0 Å². The first kappa shape index (κ1) is 10.7. The molecular weight excluding hydrogens is 202 g/mol. The van der Waals surface area contributed by atoms with Crippen LogP contribution in [0.25, 0.3) is 5.70 Å². The van der Waals surface area contributed by atoms with E-state index in [1.807, 2.05) is 24.3 Å². The monoisotopic (exact) mass is 217 g/mol. The zero-order chi connectivity index (χ0) is 11.8. The minimum Gasteiger partial charge on any atom is -0.478 e. The molecule has 0 aliphatic carbocycles. The lowest BCUT2D eigenvalue weighted by atomic mass is 9.86. The highest BCUT2D eigenvalue weighted by Crippen LogP contribution is 2.29. The summed E-state index contributed by atoms with van der Waals surface area (Å²) in [5, 5.41) is 12.1. The highest BCUT2D eigenvalue weighted by atomic mass is 16.4. The maximum absolute atomic E-state index is 10.8. The number of nitrogens with one attached hydrogen (secondary N) is 1. The number of hydrogen-bond donors (Lipinski definition) is 2. The fourth-order valence-corrected chi connectivity index (χ4v) is 2.13. The minimum absolute atomic E-state index is 0.102. The Morgan fingerprint density at radius 3 is 2.81 bits per heavy atom. The predicted molar refractivity (Wildman–Crippen MR) is 63.0 cm³/mol. The first-order valence-corrected chi connectivity index (χ1v) is 5.29. The Labute approximate surface area is 94.8 Å². The number of carbonyl (C=O) groups is 1. The molecule has 16 heavy (non-hydrogen) atoms. The number of benzene rings is 1. The van der Waals surface area contributed by atoms with Gasteiger partial charge in [0.25, 0.3) is 0 Å². The van der Waals surface area contributed by atoms with Crippen molar-refractivity contribution in [1.29, 1.82) is 0 Å². The molecule has 2 N–H and O–H groups in total. The summed E-state index contributed by atoms with van der Waals surface area (Å²) in [5.74, 6) is -0.921. The van der Waals surface area contributed by atoms with E-state index in [1.54, 1.807) is 0 Å². The molecule has 0 bridgehead atoms. The first-order valence-electron chi connectivity index (χ1n) is 5.29. The van der Waals surface area contributed by atoms with Gasteiger partial charge in [-0.25, -0.2) is 4.79 Å². The van der Waals surface area contributed by atoms with Gasteiger partial charge in [-0.15, -0.1) is 0 Å². The highest BCUT2D eigenvalue weighted by molar-refractivity contribution is 5.90. The lowest BCUT2D eigenvalue weighted by Gasteiger charge is -2.35. The van der Waals surface area contributed by atoms with Gasteiger partial charge in [-0.1, -0.05) is 24.3 Å². The van der Waals surface area contributed by atoms with Crippen molar-refractivity contribution in [1.82, 2.24) is 5.32 Å². The van der Waals surface area contributed by atoms with E-state index in [0.717, 1.165) is 12.0 Å². The molecular formula is C13H15NO2. The molecule has 1 aliphatic heterocycles. The van der Waals surface area contributed by atoms with Crippen molar-refractivity contribution >= 4 is 11.7 Å². The van der Waals surface area contributed by atoms with Gasteiger partial charge < -0.3 is 10.4 Å². The van der Waals surface area contributed by atoms with E-state index in [1.165, 1.54) is 11.6 Å². The average Bonchev–Trinajstić information content (AvgIpc) is 2.14. The van der Waals surface area contributed by atoms with Crippen molar-refractivity contribution in [3.63, 3.8) is 0 Å². The van der Waals surface area contributed by atoms with Crippen LogP contribution in [0.4, 0.5) is 0 Å². The van der Waals surface area contributed by atoms with E-state index in [2.05, 4.69) is 19.2 Å². The Morgan fingerprint density at radius 1 is 1.44 bits per heavy atom. The molecule has 1 aromatic carbocycles. The Morgan fingerprint density at radius 2 is 2.12 bits per heavy atom. The zero-order valence-corrected chi connectivity index (χ0v) is 9.45. The summed E-state index contributed by atoms with van der Waals surface area (Å²) in [4.78, 5) is 10.8. The van der Waals surface area contributed by atoms with Crippen molar-refractivity contribution in [2.45, 2.75) is 25.8 Å². The summed E-state index contributed by atoms with van der Waals surface area (Å²) in [5.41, 5.74) is 2.78. The van der Waals surface area contributed by atoms with Gasteiger partial charge in [-0.05, 0) is 25.8 Å². The van der Waals surface area contributed by atoms with Crippen LogP contribution in [0.1, 0.15) is 25.0 Å². The summed E-state index contributed by atoms with van der Waals surface area (Å²) >= 11 is 0. The van der Waals surface area contributed by atoms with Gasteiger partial charge in [0.1, 0.15) is 0 Å². The van der Waals surface area contributed by atoms with Crippen molar-refractivity contribution in [2.75, 3.05) is 0 Å². The summed E-state index contributed by atoms with van der Waals surface area (Å²) < 4.78 is 0. The second-order valence-corrected chi connectivity index (χ2v) is 4.74. The molecule has 1 aromatic rings. The lowest BCUT2D eigenvalue weighted by Crippen LogP contribution is -2.43. The molecule has 0 unspecified atom stereocenters. The van der Waals surface area contributed by atoms with Gasteiger partial charge >= 0.3 is 5.97 Å². The second-order valence-electron chi connectivity index (χ2n) is 4.74. The van der Waals surface area contributed by atoms with E-state index in [-0.39, 0.29) is 5.54 Å². The van der Waals surface area contributed by atoms with Crippen LogP contribution in [-0.4, -0.2) is 16.6 Å². The largest absolute Gasteiger partial charge is 0.478 e. The number of aliphatic carboxylic acids is 1. The molecule has 0 saturated carbocycles. The molecule has 2 rings (SSSR count). The van der Waals surface area contributed by atoms with E-state index < -0.39 is 5.97 Å². The van der Waals surface area contributed by atoms with Crippen LogP contribution in [0, 0.1) is 0 Å². The number of carboxylic acid groups (broad SMARTS) is 1. The Kier molecular flexibility index (Phi) is 2.46. The number of carboxylic acids is 1. The smallest absolute Gasteiger partial charge is 0.330 e. The Bertz CT molecular complexity index is 461. The lowest BCUT2D eigenvalue weighted by molar-refractivity contribution is -0.131. The molecule has 3 nitrogen and oxygen atoms in total. The minimum atomic E-state index is -0.921. The fourth-order valence-electron chi connectivity index (χ4n) is 2.13. The molecule has 3 heteroatoms. The van der Waals surface area contributed by atoms with Gasteiger partial charge in [0.2, 0.25) is 0 Å². The van der Waals surface area contributed by atoms with E-state index in [0.29, 0.717) is 5.70 Å². The normalized spacial score (nSPS) is 20.0.